The van der Waals surface area contributed by atoms with E-state index in [0.29, 0.717) is 38.9 Å². The molecule has 40 heavy (non-hydrogen) atoms. The molecule has 0 aliphatic heterocycles. The summed E-state index contributed by atoms with van der Waals surface area (Å²) in [7, 11) is 0. The molecule has 3 amide bonds. The third kappa shape index (κ3) is 10.4. The number of hydrogen-bond acceptors (Lipinski definition) is 4. The highest BCUT2D eigenvalue weighted by atomic mass is 16.2. The van der Waals surface area contributed by atoms with Gasteiger partial charge in [0.1, 0.15) is 6.04 Å². The van der Waals surface area contributed by atoms with Crippen molar-refractivity contribution in [2.45, 2.75) is 118 Å². The molecule has 0 aromatic heterocycles. The van der Waals surface area contributed by atoms with Crippen molar-refractivity contribution in [3.05, 3.63) is 46.1 Å². The Morgan fingerprint density at radius 2 is 1.60 bits per heavy atom. The fourth-order valence-electron chi connectivity index (χ4n) is 5.65. The Hall–Kier alpha value is -2.67. The number of hydrogen-bond donors (Lipinski definition) is 4. The number of amides is 3. The van der Waals surface area contributed by atoms with Crippen LogP contribution in [0.25, 0.3) is 0 Å². The van der Waals surface area contributed by atoms with Gasteiger partial charge < -0.3 is 21.7 Å². The van der Waals surface area contributed by atoms with E-state index in [1.54, 1.807) is 0 Å². The minimum atomic E-state index is -0.549. The van der Waals surface area contributed by atoms with Crippen LogP contribution in [-0.2, 0) is 14.4 Å². The molecule has 0 spiro atoms. The van der Waals surface area contributed by atoms with Crippen LogP contribution in [0, 0.1) is 5.41 Å². The molecule has 1 atom stereocenters. The first kappa shape index (κ1) is 33.5. The van der Waals surface area contributed by atoms with Gasteiger partial charge in [0.05, 0.1) is 0 Å². The summed E-state index contributed by atoms with van der Waals surface area (Å²) in [6.45, 7) is 12.6. The molecule has 7 heteroatoms. The smallest absolute Gasteiger partial charge is 0.242 e. The van der Waals surface area contributed by atoms with E-state index in [1.165, 1.54) is 27.9 Å². The van der Waals surface area contributed by atoms with Gasteiger partial charge in [0.2, 0.25) is 17.7 Å². The van der Waals surface area contributed by atoms with E-state index >= 15 is 0 Å². The predicted molar refractivity (Wildman–Crippen MR) is 164 cm³/mol. The fraction of sp³-hybridized carbons (Fsp3) is 0.667. The van der Waals surface area contributed by atoms with Gasteiger partial charge in [0.15, 0.2) is 0 Å². The first-order valence-electron chi connectivity index (χ1n) is 15.4. The number of nitrogens with two attached hydrogens (primary N) is 1. The van der Waals surface area contributed by atoms with Gasteiger partial charge in [-0.25, -0.2) is 0 Å². The van der Waals surface area contributed by atoms with E-state index in [-0.39, 0.29) is 23.1 Å². The van der Waals surface area contributed by atoms with Crippen molar-refractivity contribution in [3.63, 3.8) is 0 Å². The van der Waals surface area contributed by atoms with Crippen LogP contribution in [0.2, 0.25) is 0 Å². The molecule has 0 saturated carbocycles. The molecule has 7 nitrogen and oxygen atoms in total. The monoisotopic (exact) mass is 554 g/mol. The van der Waals surface area contributed by atoms with Gasteiger partial charge in [-0.2, -0.15) is 0 Å². The SMILES string of the molecule is CC1=C(C)C(C)(CCC(=O)N[C@@H](CCCCN)C(=O)NCCCCCC(=O)NCCC2=CCCC=C2)C(C)=C1C. The molecule has 224 valence electrons. The summed E-state index contributed by atoms with van der Waals surface area (Å²) in [5.41, 5.74) is 12.2. The van der Waals surface area contributed by atoms with Crippen LogP contribution in [0.15, 0.2) is 46.1 Å². The van der Waals surface area contributed by atoms with Gasteiger partial charge in [-0.05, 0) is 103 Å². The van der Waals surface area contributed by atoms with Gasteiger partial charge in [0.25, 0.3) is 0 Å². The summed E-state index contributed by atoms with van der Waals surface area (Å²) in [5, 5.41) is 8.98. The van der Waals surface area contributed by atoms with Gasteiger partial charge in [-0.15, -0.1) is 0 Å². The zero-order valence-corrected chi connectivity index (χ0v) is 25.7. The molecule has 2 aliphatic carbocycles. The van der Waals surface area contributed by atoms with Gasteiger partial charge >= 0.3 is 0 Å². The van der Waals surface area contributed by atoms with Crippen molar-refractivity contribution in [1.29, 1.82) is 0 Å². The lowest BCUT2D eigenvalue weighted by Gasteiger charge is -2.29. The van der Waals surface area contributed by atoms with E-state index in [0.717, 1.165) is 57.8 Å². The van der Waals surface area contributed by atoms with E-state index < -0.39 is 6.04 Å². The second-order valence-electron chi connectivity index (χ2n) is 11.7. The Morgan fingerprint density at radius 1 is 0.875 bits per heavy atom. The van der Waals surface area contributed by atoms with Crippen LogP contribution < -0.4 is 21.7 Å². The van der Waals surface area contributed by atoms with E-state index in [4.69, 9.17) is 5.73 Å². The number of allylic oxidation sites excluding steroid dienone is 7. The first-order chi connectivity index (χ1) is 19.1. The van der Waals surface area contributed by atoms with Gasteiger partial charge in [-0.1, -0.05) is 48.3 Å². The lowest BCUT2D eigenvalue weighted by atomic mass is 9.75. The number of unbranched alkanes of at least 4 members (excludes halogenated alkanes) is 3. The lowest BCUT2D eigenvalue weighted by Crippen LogP contribution is -2.47. The van der Waals surface area contributed by atoms with Crippen LogP contribution in [0.5, 0.6) is 0 Å². The topological polar surface area (TPSA) is 113 Å². The average molecular weight is 555 g/mol. The maximum Gasteiger partial charge on any atom is 0.242 e. The highest BCUT2D eigenvalue weighted by Gasteiger charge is 2.36. The molecule has 0 saturated heterocycles. The minimum Gasteiger partial charge on any atom is -0.356 e. The van der Waals surface area contributed by atoms with Crippen LogP contribution in [0.1, 0.15) is 112 Å². The molecule has 2 rings (SSSR count). The summed E-state index contributed by atoms with van der Waals surface area (Å²) < 4.78 is 0. The number of carbonyl (C=O) groups is 3. The summed E-state index contributed by atoms with van der Waals surface area (Å²) in [5.74, 6) is -0.140. The Kier molecular flexibility index (Phi) is 14.4. The molecule has 0 aromatic carbocycles. The van der Waals surface area contributed by atoms with Crippen molar-refractivity contribution in [3.8, 4) is 0 Å². The van der Waals surface area contributed by atoms with Crippen LogP contribution in [0.4, 0.5) is 0 Å². The molecular weight excluding hydrogens is 500 g/mol. The average Bonchev–Trinajstić information content (AvgIpc) is 3.09. The van der Waals surface area contributed by atoms with Crippen LogP contribution in [-0.4, -0.2) is 43.4 Å². The van der Waals surface area contributed by atoms with Gasteiger partial charge in [0, 0.05) is 31.3 Å². The lowest BCUT2D eigenvalue weighted by molar-refractivity contribution is -0.129. The maximum atomic E-state index is 12.9. The Labute approximate surface area is 242 Å². The Morgan fingerprint density at radius 3 is 2.25 bits per heavy atom. The molecule has 0 bridgehead atoms. The van der Waals surface area contributed by atoms with Crippen LogP contribution in [0.3, 0.4) is 0 Å². The second kappa shape index (κ2) is 17.2. The normalized spacial score (nSPS) is 17.1. The zero-order chi connectivity index (χ0) is 29.5. The second-order valence-corrected chi connectivity index (χ2v) is 11.7. The standard InChI is InChI=1S/C33H54N4O3/c1-24-25(2)27(4)33(5,26(24)3)20-18-31(39)37-29(16-11-12-21-34)32(40)36-22-13-7-10-17-30(38)35-23-19-28-14-8-6-9-15-28/h8,14-15,29H,6-7,9-13,16-23,34H2,1-5H3,(H,35,38)(H,36,40)(H,37,39)/t29-/m0/s1. The van der Waals surface area contributed by atoms with Crippen molar-refractivity contribution in [2.75, 3.05) is 19.6 Å². The number of rotatable bonds is 18. The Bertz CT molecular complexity index is 981. The largest absolute Gasteiger partial charge is 0.356 e. The third-order valence-corrected chi connectivity index (χ3v) is 8.98. The highest BCUT2D eigenvalue weighted by molar-refractivity contribution is 5.87. The van der Waals surface area contributed by atoms with Crippen LogP contribution >= 0.6 is 0 Å². The quantitative estimate of drug-likeness (QED) is 0.167. The molecule has 0 unspecified atom stereocenters. The molecule has 2 aliphatic rings. The first-order valence-corrected chi connectivity index (χ1v) is 15.4. The molecule has 0 radical (unpaired) electrons. The Balaban J connectivity index is 1.69. The molecule has 5 N–H and O–H groups in total. The fourth-order valence-corrected chi connectivity index (χ4v) is 5.65. The zero-order valence-electron chi connectivity index (χ0n) is 25.7. The molecular formula is C33H54N4O3. The number of nitrogens with one attached hydrogen (secondary N) is 3. The summed E-state index contributed by atoms with van der Waals surface area (Å²) in [4.78, 5) is 37.9. The molecule has 0 heterocycles. The summed E-state index contributed by atoms with van der Waals surface area (Å²) in [6.07, 6.45) is 15.9. The van der Waals surface area contributed by atoms with E-state index in [2.05, 4.69) is 68.8 Å². The van der Waals surface area contributed by atoms with Crippen molar-refractivity contribution >= 4 is 17.7 Å². The predicted octanol–water partition coefficient (Wildman–Crippen LogP) is 5.53. The third-order valence-electron chi connectivity index (χ3n) is 8.98. The minimum absolute atomic E-state index is 0.0836. The summed E-state index contributed by atoms with van der Waals surface area (Å²) >= 11 is 0. The molecule has 0 aromatic rings. The van der Waals surface area contributed by atoms with E-state index in [1.807, 2.05) is 0 Å². The van der Waals surface area contributed by atoms with Gasteiger partial charge in [-0.3, -0.25) is 14.4 Å². The number of carbonyl (C=O) groups excluding carboxylic acids is 3. The van der Waals surface area contributed by atoms with Crippen molar-refractivity contribution in [2.24, 2.45) is 11.1 Å². The summed E-state index contributed by atoms with van der Waals surface area (Å²) in [6, 6.07) is -0.549. The highest BCUT2D eigenvalue weighted by Crippen LogP contribution is 2.49. The maximum absolute atomic E-state index is 12.9. The van der Waals surface area contributed by atoms with Crippen molar-refractivity contribution < 1.29 is 14.4 Å². The van der Waals surface area contributed by atoms with E-state index in [9.17, 15) is 14.4 Å². The van der Waals surface area contributed by atoms with Crippen molar-refractivity contribution in [1.82, 2.24) is 16.0 Å². The molecule has 0 fully saturated rings.